The van der Waals surface area contributed by atoms with Crippen LogP contribution in [0.15, 0.2) is 24.3 Å². The van der Waals surface area contributed by atoms with Gasteiger partial charge in [0.2, 0.25) is 5.91 Å². The van der Waals surface area contributed by atoms with Crippen molar-refractivity contribution in [2.24, 2.45) is 5.92 Å². The number of nitrogens with zero attached hydrogens (tertiary/aromatic N) is 3. The molecule has 3 fully saturated rings. The van der Waals surface area contributed by atoms with Gasteiger partial charge in [-0.2, -0.15) is 0 Å². The highest BCUT2D eigenvalue weighted by Gasteiger charge is 2.53. The number of likely N-dealkylation sites (tertiary alicyclic amines) is 1. The first kappa shape index (κ1) is 20.8. The quantitative estimate of drug-likeness (QED) is 0.797. The van der Waals surface area contributed by atoms with Crippen LogP contribution in [0.5, 0.6) is 0 Å². The van der Waals surface area contributed by atoms with Crippen molar-refractivity contribution in [1.82, 2.24) is 14.7 Å². The topological polar surface area (TPSA) is 47.0 Å². The molecule has 1 aromatic carbocycles. The van der Waals surface area contributed by atoms with Crippen LogP contribution < -0.4 is 0 Å². The molecule has 4 rings (SSSR count). The number of piperazine rings is 1. The van der Waals surface area contributed by atoms with Crippen LogP contribution in [0, 0.1) is 12.8 Å². The molecule has 5 heteroatoms. The molecule has 2 heterocycles. The molecule has 1 amide bonds. The molecule has 5 nitrogen and oxygen atoms in total. The Bertz CT molecular complexity index is 693. The maximum Gasteiger partial charge on any atom is 0.233 e. The molecular weight excluding hydrogens is 362 g/mol. The van der Waals surface area contributed by atoms with Crippen molar-refractivity contribution in [2.45, 2.75) is 50.5 Å². The number of rotatable bonds is 6. The molecule has 1 aliphatic carbocycles. The van der Waals surface area contributed by atoms with E-state index in [0.29, 0.717) is 17.9 Å². The molecule has 0 aromatic heterocycles. The lowest BCUT2D eigenvalue weighted by molar-refractivity contribution is -0.137. The van der Waals surface area contributed by atoms with Crippen molar-refractivity contribution < 1.29 is 9.90 Å². The zero-order valence-corrected chi connectivity index (χ0v) is 18.1. The summed E-state index contributed by atoms with van der Waals surface area (Å²) in [6, 6.07) is 9.12. The van der Waals surface area contributed by atoms with Gasteiger partial charge in [0, 0.05) is 51.9 Å². The van der Waals surface area contributed by atoms with Crippen molar-refractivity contribution in [3.63, 3.8) is 0 Å². The second kappa shape index (κ2) is 8.75. The Morgan fingerprint density at radius 2 is 1.79 bits per heavy atom. The van der Waals surface area contributed by atoms with E-state index in [1.165, 1.54) is 11.1 Å². The second-order valence-corrected chi connectivity index (χ2v) is 9.52. The smallest absolute Gasteiger partial charge is 0.233 e. The minimum absolute atomic E-state index is 0.243. The summed E-state index contributed by atoms with van der Waals surface area (Å²) in [5, 5.41) is 9.41. The fourth-order valence-corrected chi connectivity index (χ4v) is 5.40. The monoisotopic (exact) mass is 399 g/mol. The Kier molecular flexibility index (Phi) is 6.28. The number of amides is 1. The van der Waals surface area contributed by atoms with Crippen LogP contribution in [0.1, 0.15) is 43.2 Å². The van der Waals surface area contributed by atoms with E-state index in [1.54, 1.807) is 0 Å². The number of likely N-dealkylation sites (N-methyl/N-ethyl adjacent to an activating group) is 1. The van der Waals surface area contributed by atoms with E-state index in [2.05, 4.69) is 52.9 Å². The van der Waals surface area contributed by atoms with Gasteiger partial charge in [-0.05, 0) is 57.6 Å². The number of carbonyl (C=O) groups excluding carboxylic acids is 1. The first-order chi connectivity index (χ1) is 14.0. The Labute approximate surface area is 175 Å². The van der Waals surface area contributed by atoms with Gasteiger partial charge >= 0.3 is 0 Å². The van der Waals surface area contributed by atoms with Crippen LogP contribution in [0.3, 0.4) is 0 Å². The highest BCUT2D eigenvalue weighted by Crippen LogP contribution is 2.50. The van der Waals surface area contributed by atoms with E-state index < -0.39 is 0 Å². The summed E-state index contributed by atoms with van der Waals surface area (Å²) in [7, 11) is 2.20. The van der Waals surface area contributed by atoms with E-state index in [4.69, 9.17) is 0 Å². The molecule has 1 N–H and O–H groups in total. The van der Waals surface area contributed by atoms with Crippen molar-refractivity contribution in [3.05, 3.63) is 35.4 Å². The van der Waals surface area contributed by atoms with Gasteiger partial charge < -0.3 is 14.9 Å². The third-order valence-corrected chi connectivity index (χ3v) is 7.48. The molecule has 2 aliphatic heterocycles. The largest absolute Gasteiger partial charge is 0.396 e. The summed E-state index contributed by atoms with van der Waals surface area (Å²) in [5.41, 5.74) is 2.17. The average molecular weight is 400 g/mol. The predicted octanol–water partition coefficient (Wildman–Crippen LogP) is 2.26. The average Bonchev–Trinajstić information content (AvgIpc) is 3.55. The van der Waals surface area contributed by atoms with E-state index in [0.717, 1.165) is 71.4 Å². The van der Waals surface area contributed by atoms with Crippen molar-refractivity contribution in [2.75, 3.05) is 52.9 Å². The van der Waals surface area contributed by atoms with Crippen LogP contribution in [0.2, 0.25) is 0 Å². The fraction of sp³-hybridized carbons (Fsp3) is 0.708. The molecular formula is C24H37N3O2. The zero-order chi connectivity index (χ0) is 20.4. The Balaban J connectivity index is 1.45. The van der Waals surface area contributed by atoms with Crippen molar-refractivity contribution in [3.8, 4) is 0 Å². The highest BCUT2D eigenvalue weighted by molar-refractivity contribution is 5.91. The van der Waals surface area contributed by atoms with Crippen LogP contribution in [0.4, 0.5) is 0 Å². The predicted molar refractivity (Wildman–Crippen MR) is 116 cm³/mol. The maximum atomic E-state index is 13.6. The summed E-state index contributed by atoms with van der Waals surface area (Å²) in [4.78, 5) is 20.8. The SMILES string of the molecule is Cc1ccc(C2(C(=O)N3CCC(N4CCN(C)CC4)C(CCCO)C3)CC2)cc1. The molecule has 1 aromatic rings. The fourth-order valence-electron chi connectivity index (χ4n) is 5.40. The van der Waals surface area contributed by atoms with Gasteiger partial charge in [-0.15, -0.1) is 0 Å². The summed E-state index contributed by atoms with van der Waals surface area (Å²) in [6.07, 6.45) is 4.87. The Hall–Kier alpha value is -1.43. The van der Waals surface area contributed by atoms with Crippen LogP contribution in [-0.2, 0) is 10.2 Å². The van der Waals surface area contributed by atoms with E-state index >= 15 is 0 Å². The van der Waals surface area contributed by atoms with Crippen LogP contribution in [-0.4, -0.2) is 84.7 Å². The lowest BCUT2D eigenvalue weighted by Gasteiger charge is -2.47. The third kappa shape index (κ3) is 4.37. The van der Waals surface area contributed by atoms with Gasteiger partial charge in [-0.3, -0.25) is 9.69 Å². The first-order valence-corrected chi connectivity index (χ1v) is 11.4. The van der Waals surface area contributed by atoms with Gasteiger partial charge in [-0.1, -0.05) is 29.8 Å². The van der Waals surface area contributed by atoms with Crippen LogP contribution in [0.25, 0.3) is 0 Å². The second-order valence-electron chi connectivity index (χ2n) is 9.52. The van der Waals surface area contributed by atoms with Gasteiger partial charge in [-0.25, -0.2) is 0 Å². The van der Waals surface area contributed by atoms with E-state index in [1.807, 2.05) is 0 Å². The zero-order valence-electron chi connectivity index (χ0n) is 18.1. The van der Waals surface area contributed by atoms with Crippen molar-refractivity contribution in [1.29, 1.82) is 0 Å². The molecule has 2 unspecified atom stereocenters. The van der Waals surface area contributed by atoms with Gasteiger partial charge in [0.25, 0.3) is 0 Å². The lowest BCUT2D eigenvalue weighted by Crippen LogP contribution is -2.57. The standard InChI is InChI=1S/C24H37N3O2/c1-19-5-7-21(8-6-19)24(10-11-24)23(29)27-12-9-22(20(18-27)4-3-17-28)26-15-13-25(2)14-16-26/h5-8,20,22,28H,3-4,9-18H2,1-2H3. The molecule has 0 bridgehead atoms. The first-order valence-electron chi connectivity index (χ1n) is 11.4. The number of hydrogen-bond acceptors (Lipinski definition) is 4. The van der Waals surface area contributed by atoms with Gasteiger partial charge in [0.05, 0.1) is 5.41 Å². The van der Waals surface area contributed by atoms with Gasteiger partial charge in [0.1, 0.15) is 0 Å². The van der Waals surface area contributed by atoms with Gasteiger partial charge in [0.15, 0.2) is 0 Å². The summed E-state index contributed by atoms with van der Waals surface area (Å²) < 4.78 is 0. The molecule has 29 heavy (non-hydrogen) atoms. The minimum Gasteiger partial charge on any atom is -0.396 e. The number of aryl methyl sites for hydroxylation is 1. The lowest BCUT2D eigenvalue weighted by atomic mass is 9.85. The number of carbonyl (C=O) groups is 1. The number of aliphatic hydroxyl groups excluding tert-OH is 1. The normalized spacial score (nSPS) is 27.8. The van der Waals surface area contributed by atoms with E-state index in [9.17, 15) is 9.90 Å². The molecule has 2 atom stereocenters. The summed E-state index contributed by atoms with van der Waals surface area (Å²) >= 11 is 0. The molecule has 160 valence electrons. The highest BCUT2D eigenvalue weighted by atomic mass is 16.3. The molecule has 0 radical (unpaired) electrons. The van der Waals surface area contributed by atoms with Crippen molar-refractivity contribution >= 4 is 5.91 Å². The minimum atomic E-state index is -0.268. The Morgan fingerprint density at radius 3 is 2.41 bits per heavy atom. The summed E-state index contributed by atoms with van der Waals surface area (Å²) in [6.45, 7) is 8.57. The summed E-state index contributed by atoms with van der Waals surface area (Å²) in [5.74, 6) is 0.809. The number of piperidine rings is 1. The molecule has 0 spiro atoms. The number of benzene rings is 1. The van der Waals surface area contributed by atoms with E-state index in [-0.39, 0.29) is 12.0 Å². The molecule has 2 saturated heterocycles. The van der Waals surface area contributed by atoms with Crippen LogP contribution >= 0.6 is 0 Å². The Morgan fingerprint density at radius 1 is 1.10 bits per heavy atom. The molecule has 3 aliphatic rings. The number of aliphatic hydroxyl groups is 1. The maximum absolute atomic E-state index is 13.6. The number of hydrogen-bond donors (Lipinski definition) is 1. The molecule has 1 saturated carbocycles. The third-order valence-electron chi connectivity index (χ3n) is 7.48.